The fourth-order valence-electron chi connectivity index (χ4n) is 2.84. The van der Waals surface area contributed by atoms with E-state index < -0.39 is 16.1 Å². The highest BCUT2D eigenvalue weighted by atomic mass is 32.2. The fraction of sp³-hybridized carbons (Fsp3) is 0.278. The van der Waals surface area contributed by atoms with Crippen LogP contribution in [0.15, 0.2) is 59.5 Å². The molecule has 0 radical (unpaired) electrons. The number of hydrogen-bond acceptors (Lipinski definition) is 3. The Morgan fingerprint density at radius 3 is 2.38 bits per heavy atom. The predicted octanol–water partition coefficient (Wildman–Crippen LogP) is 2.33. The molecular weight excluding hydrogens is 324 g/mol. The van der Waals surface area contributed by atoms with Gasteiger partial charge in [0.15, 0.2) is 0 Å². The van der Waals surface area contributed by atoms with Gasteiger partial charge in [-0.3, -0.25) is 4.79 Å². The second kappa shape index (κ2) is 6.75. The van der Waals surface area contributed by atoms with Crippen LogP contribution in [0.3, 0.4) is 0 Å². The van der Waals surface area contributed by atoms with Gasteiger partial charge in [-0.1, -0.05) is 37.3 Å². The molecule has 1 fully saturated rings. The molecule has 126 valence electrons. The smallest absolute Gasteiger partial charge is 0.240 e. The normalized spacial score (nSPS) is 18.1. The zero-order valence-corrected chi connectivity index (χ0v) is 14.3. The van der Waals surface area contributed by atoms with Crippen LogP contribution in [0.25, 0.3) is 0 Å². The van der Waals surface area contributed by atoms with Gasteiger partial charge in [0, 0.05) is 24.7 Å². The molecule has 1 atom stereocenters. The number of para-hydroxylation sites is 1. The van der Waals surface area contributed by atoms with Crippen LogP contribution in [0.4, 0.5) is 5.69 Å². The predicted molar refractivity (Wildman–Crippen MR) is 93.3 cm³/mol. The first-order valence-corrected chi connectivity index (χ1v) is 9.44. The number of anilines is 1. The quantitative estimate of drug-likeness (QED) is 0.905. The summed E-state index contributed by atoms with van der Waals surface area (Å²) in [6, 6.07) is 15.7. The molecule has 1 amide bonds. The Labute approximate surface area is 142 Å². The van der Waals surface area contributed by atoms with Crippen LogP contribution in [0.2, 0.25) is 0 Å². The molecule has 1 unspecified atom stereocenters. The van der Waals surface area contributed by atoms with Gasteiger partial charge in [0.05, 0.1) is 4.90 Å². The summed E-state index contributed by atoms with van der Waals surface area (Å²) >= 11 is 0. The van der Waals surface area contributed by atoms with E-state index in [2.05, 4.69) is 4.72 Å². The van der Waals surface area contributed by atoms with Crippen LogP contribution < -0.4 is 9.62 Å². The van der Waals surface area contributed by atoms with Crippen molar-refractivity contribution in [2.45, 2.75) is 30.7 Å². The van der Waals surface area contributed by atoms with E-state index in [1.54, 1.807) is 17.0 Å². The number of nitrogens with one attached hydrogen (secondary N) is 1. The van der Waals surface area contributed by atoms with E-state index >= 15 is 0 Å². The number of hydrogen-bond donors (Lipinski definition) is 1. The summed E-state index contributed by atoms with van der Waals surface area (Å²) in [6.07, 6.45) is 1.03. The maximum Gasteiger partial charge on any atom is 0.240 e. The van der Waals surface area contributed by atoms with E-state index in [1.807, 2.05) is 49.4 Å². The Balaban J connectivity index is 1.73. The first-order valence-electron chi connectivity index (χ1n) is 7.96. The van der Waals surface area contributed by atoms with Crippen LogP contribution in [-0.2, 0) is 21.2 Å². The molecule has 2 aromatic carbocycles. The average molecular weight is 344 g/mol. The summed E-state index contributed by atoms with van der Waals surface area (Å²) in [4.78, 5) is 14.0. The molecule has 0 spiro atoms. The van der Waals surface area contributed by atoms with Crippen molar-refractivity contribution in [1.29, 1.82) is 0 Å². The van der Waals surface area contributed by atoms with Gasteiger partial charge in [0.1, 0.15) is 0 Å². The molecule has 5 nitrogen and oxygen atoms in total. The van der Waals surface area contributed by atoms with E-state index in [0.717, 1.165) is 17.7 Å². The zero-order valence-electron chi connectivity index (χ0n) is 13.5. The van der Waals surface area contributed by atoms with Crippen LogP contribution in [0, 0.1) is 0 Å². The van der Waals surface area contributed by atoms with Crippen molar-refractivity contribution in [2.24, 2.45) is 0 Å². The second-order valence-electron chi connectivity index (χ2n) is 5.86. The summed E-state index contributed by atoms with van der Waals surface area (Å²) in [5.41, 5.74) is 1.87. The van der Waals surface area contributed by atoms with E-state index in [1.165, 1.54) is 0 Å². The molecule has 0 aromatic heterocycles. The number of amides is 1. The van der Waals surface area contributed by atoms with Gasteiger partial charge in [0.25, 0.3) is 0 Å². The van der Waals surface area contributed by atoms with Gasteiger partial charge in [-0.25, -0.2) is 13.1 Å². The van der Waals surface area contributed by atoms with E-state index in [9.17, 15) is 13.2 Å². The Kier molecular flexibility index (Phi) is 4.69. The minimum absolute atomic E-state index is 0.0739. The summed E-state index contributed by atoms with van der Waals surface area (Å²) in [5.74, 6) is -0.0739. The molecule has 0 saturated carbocycles. The molecule has 6 heteroatoms. The lowest BCUT2D eigenvalue weighted by Crippen LogP contribution is -2.37. The summed E-state index contributed by atoms with van der Waals surface area (Å²) in [6.45, 7) is 2.36. The number of rotatable bonds is 5. The van der Waals surface area contributed by atoms with Gasteiger partial charge in [-0.15, -0.1) is 0 Å². The summed E-state index contributed by atoms with van der Waals surface area (Å²) < 4.78 is 27.6. The maximum atomic E-state index is 12.5. The van der Waals surface area contributed by atoms with Crippen molar-refractivity contribution in [1.82, 2.24) is 4.72 Å². The third-order valence-electron chi connectivity index (χ3n) is 4.16. The number of benzene rings is 2. The monoisotopic (exact) mass is 344 g/mol. The van der Waals surface area contributed by atoms with Crippen LogP contribution in [0.5, 0.6) is 0 Å². The standard InChI is InChI=1S/C18H20N2O3S/c1-2-14-8-10-17(11-9-14)24(22,23)19-15-12-18(21)20(13-15)16-6-4-3-5-7-16/h3-11,15,19H,2,12-13H2,1H3. The van der Waals surface area contributed by atoms with Gasteiger partial charge >= 0.3 is 0 Å². The summed E-state index contributed by atoms with van der Waals surface area (Å²) in [7, 11) is -3.63. The van der Waals surface area contributed by atoms with Crippen molar-refractivity contribution in [2.75, 3.05) is 11.4 Å². The number of carbonyl (C=O) groups excluding carboxylic acids is 1. The molecule has 24 heavy (non-hydrogen) atoms. The van der Waals surface area contributed by atoms with Crippen LogP contribution in [-0.4, -0.2) is 26.9 Å². The zero-order chi connectivity index (χ0) is 17.2. The molecule has 0 aliphatic carbocycles. The Bertz CT molecular complexity index is 817. The van der Waals surface area contributed by atoms with Crippen molar-refractivity contribution < 1.29 is 13.2 Å². The first kappa shape index (κ1) is 16.7. The molecule has 3 rings (SSSR count). The maximum absolute atomic E-state index is 12.5. The van der Waals surface area contributed by atoms with Crippen molar-refractivity contribution in [3.8, 4) is 0 Å². The highest BCUT2D eigenvalue weighted by molar-refractivity contribution is 7.89. The topological polar surface area (TPSA) is 66.5 Å². The summed E-state index contributed by atoms with van der Waals surface area (Å²) in [5, 5.41) is 0. The average Bonchev–Trinajstić information content (AvgIpc) is 2.95. The number of carbonyl (C=O) groups is 1. The molecular formula is C18H20N2O3S. The largest absolute Gasteiger partial charge is 0.311 e. The van der Waals surface area contributed by atoms with Crippen LogP contribution in [0.1, 0.15) is 18.9 Å². The van der Waals surface area contributed by atoms with E-state index in [0.29, 0.717) is 6.54 Å². The van der Waals surface area contributed by atoms with E-state index in [-0.39, 0.29) is 17.2 Å². The SMILES string of the molecule is CCc1ccc(S(=O)(=O)NC2CC(=O)N(c3ccccc3)C2)cc1. The molecule has 1 aliphatic heterocycles. The van der Waals surface area contributed by atoms with E-state index in [4.69, 9.17) is 0 Å². The Morgan fingerprint density at radius 2 is 1.75 bits per heavy atom. The molecule has 1 N–H and O–H groups in total. The third-order valence-corrected chi connectivity index (χ3v) is 5.69. The van der Waals surface area contributed by atoms with Gasteiger partial charge < -0.3 is 4.90 Å². The van der Waals surface area contributed by atoms with Crippen molar-refractivity contribution in [3.05, 3.63) is 60.2 Å². The van der Waals surface area contributed by atoms with Crippen LogP contribution >= 0.6 is 0 Å². The number of sulfonamides is 1. The highest BCUT2D eigenvalue weighted by Gasteiger charge is 2.33. The Hall–Kier alpha value is -2.18. The molecule has 0 bridgehead atoms. The third kappa shape index (κ3) is 3.49. The first-order chi connectivity index (χ1) is 11.5. The lowest BCUT2D eigenvalue weighted by atomic mass is 10.2. The molecule has 1 aliphatic rings. The lowest BCUT2D eigenvalue weighted by Gasteiger charge is -2.17. The number of nitrogens with zero attached hydrogens (tertiary/aromatic N) is 1. The minimum Gasteiger partial charge on any atom is -0.311 e. The molecule has 1 heterocycles. The molecule has 1 saturated heterocycles. The van der Waals surface area contributed by atoms with Gasteiger partial charge in [-0.05, 0) is 36.2 Å². The highest BCUT2D eigenvalue weighted by Crippen LogP contribution is 2.22. The molecule has 2 aromatic rings. The minimum atomic E-state index is -3.63. The van der Waals surface area contributed by atoms with Crippen molar-refractivity contribution in [3.63, 3.8) is 0 Å². The Morgan fingerprint density at radius 1 is 1.08 bits per heavy atom. The fourth-order valence-corrected chi connectivity index (χ4v) is 4.06. The second-order valence-corrected chi connectivity index (χ2v) is 7.57. The van der Waals surface area contributed by atoms with Crippen molar-refractivity contribution >= 4 is 21.6 Å². The van der Waals surface area contributed by atoms with Gasteiger partial charge in [0.2, 0.25) is 15.9 Å². The van der Waals surface area contributed by atoms with Gasteiger partial charge in [-0.2, -0.15) is 0 Å². The number of aryl methyl sites for hydroxylation is 1. The lowest BCUT2D eigenvalue weighted by molar-refractivity contribution is -0.117.